The standard InChI is InChI=1S/C30H28BrN3O3/c1-3-4-5-6-7-8-10-19(2)13-14-20-17-25-28(26(18-20)34(36)37)32-29-22-12-9-11-21-24(31)16-15-23(27(21)22)30(35)33(25)29/h9,11-12,15-19H,3-8,10H2,1-2H3. The number of hydrogen-bond acceptors (Lipinski definition) is 4. The largest absolute Gasteiger partial charge is 0.298 e. The Balaban J connectivity index is 1.60. The number of non-ortho nitro benzene ring substituents is 1. The second kappa shape index (κ2) is 10.5. The Morgan fingerprint density at radius 1 is 1.05 bits per heavy atom. The van der Waals surface area contributed by atoms with E-state index in [1.165, 1.54) is 42.6 Å². The van der Waals surface area contributed by atoms with Gasteiger partial charge in [-0.3, -0.25) is 19.3 Å². The predicted octanol–water partition coefficient (Wildman–Crippen LogP) is 8.00. The summed E-state index contributed by atoms with van der Waals surface area (Å²) in [5.41, 5.74) is 1.16. The van der Waals surface area contributed by atoms with E-state index in [1.54, 1.807) is 12.1 Å². The highest BCUT2D eigenvalue weighted by atomic mass is 79.9. The Hall–Kier alpha value is -3.50. The van der Waals surface area contributed by atoms with Crippen LogP contribution >= 0.6 is 15.9 Å². The zero-order valence-corrected chi connectivity index (χ0v) is 22.6. The van der Waals surface area contributed by atoms with Crippen LogP contribution in [0, 0.1) is 27.9 Å². The van der Waals surface area contributed by atoms with E-state index in [0.29, 0.717) is 22.1 Å². The van der Waals surface area contributed by atoms with Crippen molar-refractivity contribution in [1.82, 2.24) is 9.38 Å². The number of aromatic nitrogens is 2. The average Bonchev–Trinajstić information content (AvgIpc) is 3.28. The molecule has 0 aliphatic rings. The lowest BCUT2D eigenvalue weighted by atomic mass is 10.0. The number of rotatable bonds is 8. The van der Waals surface area contributed by atoms with Gasteiger partial charge < -0.3 is 0 Å². The smallest absolute Gasteiger partial charge is 0.268 e. The lowest BCUT2D eigenvalue weighted by Crippen LogP contribution is -2.13. The summed E-state index contributed by atoms with van der Waals surface area (Å²) in [5.74, 6) is 6.58. The Bertz CT molecular complexity index is 1760. The van der Waals surface area contributed by atoms with Crippen LogP contribution in [-0.2, 0) is 0 Å². The van der Waals surface area contributed by atoms with Crippen LogP contribution in [0.3, 0.4) is 0 Å². The lowest BCUT2D eigenvalue weighted by molar-refractivity contribution is -0.383. The van der Waals surface area contributed by atoms with Gasteiger partial charge in [-0.25, -0.2) is 4.98 Å². The summed E-state index contributed by atoms with van der Waals surface area (Å²) in [6.45, 7) is 4.30. The molecule has 5 rings (SSSR count). The first-order valence-corrected chi connectivity index (χ1v) is 13.7. The third kappa shape index (κ3) is 4.67. The molecule has 188 valence electrons. The van der Waals surface area contributed by atoms with Gasteiger partial charge >= 0.3 is 0 Å². The maximum Gasteiger partial charge on any atom is 0.298 e. The van der Waals surface area contributed by atoms with Crippen LogP contribution in [0.15, 0.2) is 51.7 Å². The van der Waals surface area contributed by atoms with Gasteiger partial charge in [0.05, 0.1) is 10.4 Å². The number of unbranched alkanes of at least 4 members (excludes halogenated alkanes) is 5. The fourth-order valence-electron chi connectivity index (χ4n) is 5.12. The summed E-state index contributed by atoms with van der Waals surface area (Å²) in [5, 5.41) is 15.1. The third-order valence-corrected chi connectivity index (χ3v) is 7.74. The maximum atomic E-state index is 13.7. The zero-order chi connectivity index (χ0) is 26.1. The number of benzene rings is 3. The molecule has 0 saturated heterocycles. The van der Waals surface area contributed by atoms with Gasteiger partial charge in [-0.2, -0.15) is 0 Å². The molecule has 1 atom stereocenters. The molecular weight excluding hydrogens is 530 g/mol. The van der Waals surface area contributed by atoms with Gasteiger partial charge in [0.15, 0.2) is 5.52 Å². The van der Waals surface area contributed by atoms with Crippen LogP contribution in [0.4, 0.5) is 5.69 Å². The molecule has 0 fully saturated rings. The van der Waals surface area contributed by atoms with E-state index in [9.17, 15) is 14.9 Å². The first kappa shape index (κ1) is 25.2. The summed E-state index contributed by atoms with van der Waals surface area (Å²) in [7, 11) is 0. The predicted molar refractivity (Wildman–Crippen MR) is 154 cm³/mol. The summed E-state index contributed by atoms with van der Waals surface area (Å²) in [6, 6.07) is 12.6. The molecule has 3 aromatic carbocycles. The molecule has 7 heteroatoms. The average molecular weight is 558 g/mol. The van der Waals surface area contributed by atoms with Crippen LogP contribution in [0.25, 0.3) is 38.2 Å². The van der Waals surface area contributed by atoms with Crippen molar-refractivity contribution >= 4 is 59.8 Å². The maximum absolute atomic E-state index is 13.7. The van der Waals surface area contributed by atoms with Crippen molar-refractivity contribution in [3.63, 3.8) is 0 Å². The molecule has 1 unspecified atom stereocenters. The number of pyridine rings is 1. The van der Waals surface area contributed by atoms with Gasteiger partial charge in [0, 0.05) is 38.2 Å². The molecule has 0 N–H and O–H groups in total. The number of fused-ring (bicyclic) bond motifs is 4. The molecule has 0 amide bonds. The lowest BCUT2D eigenvalue weighted by Gasteiger charge is -2.08. The van der Waals surface area contributed by atoms with E-state index in [1.807, 2.05) is 24.3 Å². The Labute approximate surface area is 223 Å². The minimum Gasteiger partial charge on any atom is -0.268 e. The first-order valence-electron chi connectivity index (χ1n) is 12.9. The molecule has 0 bridgehead atoms. The summed E-state index contributed by atoms with van der Waals surface area (Å²) in [6.07, 6.45) is 8.40. The van der Waals surface area contributed by atoms with Crippen LogP contribution in [0.5, 0.6) is 0 Å². The second-order valence-electron chi connectivity index (χ2n) is 9.75. The van der Waals surface area contributed by atoms with Gasteiger partial charge in [-0.1, -0.05) is 98.3 Å². The second-order valence-corrected chi connectivity index (χ2v) is 10.6. The van der Waals surface area contributed by atoms with E-state index >= 15 is 0 Å². The van der Waals surface area contributed by atoms with Crippen LogP contribution in [0.1, 0.15) is 64.4 Å². The summed E-state index contributed by atoms with van der Waals surface area (Å²) >= 11 is 3.57. The Morgan fingerprint density at radius 2 is 1.81 bits per heavy atom. The zero-order valence-electron chi connectivity index (χ0n) is 21.0. The number of imidazole rings is 1. The summed E-state index contributed by atoms with van der Waals surface area (Å²) in [4.78, 5) is 29.9. The van der Waals surface area contributed by atoms with Crippen LogP contribution in [0.2, 0.25) is 0 Å². The van der Waals surface area contributed by atoms with Crippen molar-refractivity contribution in [3.8, 4) is 11.8 Å². The Kier molecular flexibility index (Phi) is 7.12. The molecule has 37 heavy (non-hydrogen) atoms. The van der Waals surface area contributed by atoms with E-state index in [-0.39, 0.29) is 22.7 Å². The van der Waals surface area contributed by atoms with Gasteiger partial charge in [-0.05, 0) is 30.0 Å². The molecule has 0 spiro atoms. The third-order valence-electron chi connectivity index (χ3n) is 7.05. The van der Waals surface area contributed by atoms with E-state index in [4.69, 9.17) is 0 Å². The van der Waals surface area contributed by atoms with Crippen molar-refractivity contribution in [2.45, 2.75) is 58.8 Å². The Morgan fingerprint density at radius 3 is 2.59 bits per heavy atom. The fraction of sp³-hybridized carbons (Fsp3) is 0.333. The molecule has 0 aliphatic heterocycles. The number of halogens is 1. The molecule has 6 nitrogen and oxygen atoms in total. The van der Waals surface area contributed by atoms with Crippen LogP contribution in [-0.4, -0.2) is 14.3 Å². The molecular formula is C30H28BrN3O3. The van der Waals surface area contributed by atoms with Crippen molar-refractivity contribution in [3.05, 3.63) is 73.0 Å². The van der Waals surface area contributed by atoms with Crippen LogP contribution < -0.4 is 5.56 Å². The highest BCUT2D eigenvalue weighted by molar-refractivity contribution is 9.10. The minimum atomic E-state index is -0.443. The SMILES string of the molecule is CCCCCCCCC(C)C#Cc1cc([N+](=O)[O-])c2nc3c4cccc5c(Br)ccc(c(=O)n3c2c1)c54. The number of nitro benzene ring substituents is 1. The van der Waals surface area contributed by atoms with Gasteiger partial charge in [-0.15, -0.1) is 0 Å². The normalized spacial score (nSPS) is 12.4. The quantitative estimate of drug-likeness (QED) is 0.0837. The number of nitrogens with zero attached hydrogens (tertiary/aromatic N) is 3. The van der Waals surface area contributed by atoms with Gasteiger partial charge in [0.25, 0.3) is 11.2 Å². The van der Waals surface area contributed by atoms with Crippen molar-refractivity contribution < 1.29 is 4.92 Å². The molecule has 5 aromatic rings. The number of hydrogen-bond donors (Lipinski definition) is 0. The summed E-state index contributed by atoms with van der Waals surface area (Å²) < 4.78 is 2.38. The molecule has 0 saturated carbocycles. The topological polar surface area (TPSA) is 77.5 Å². The van der Waals surface area contributed by atoms with Gasteiger partial charge in [0.1, 0.15) is 5.65 Å². The van der Waals surface area contributed by atoms with Crippen molar-refractivity contribution in [2.24, 2.45) is 5.92 Å². The van der Waals surface area contributed by atoms with E-state index in [0.717, 1.165) is 33.5 Å². The van der Waals surface area contributed by atoms with Crippen molar-refractivity contribution in [2.75, 3.05) is 0 Å². The molecule has 0 radical (unpaired) electrons. The molecule has 0 aliphatic carbocycles. The highest BCUT2D eigenvalue weighted by Gasteiger charge is 2.23. The molecule has 2 heterocycles. The monoisotopic (exact) mass is 557 g/mol. The first-order chi connectivity index (χ1) is 17.9. The molecule has 2 aromatic heterocycles. The minimum absolute atomic E-state index is 0.141. The van der Waals surface area contributed by atoms with Gasteiger partial charge in [0.2, 0.25) is 0 Å². The fourth-order valence-corrected chi connectivity index (χ4v) is 5.59. The van der Waals surface area contributed by atoms with E-state index in [2.05, 4.69) is 46.6 Å². The number of nitro groups is 1. The van der Waals surface area contributed by atoms with Crippen molar-refractivity contribution in [1.29, 1.82) is 0 Å². The van der Waals surface area contributed by atoms with E-state index < -0.39 is 4.92 Å². The highest BCUT2D eigenvalue weighted by Crippen LogP contribution is 2.35.